The van der Waals surface area contributed by atoms with Gasteiger partial charge >= 0.3 is 0 Å². The molecule has 0 spiro atoms. The lowest BCUT2D eigenvalue weighted by atomic mass is 9.88. The van der Waals surface area contributed by atoms with Crippen LogP contribution in [-0.2, 0) is 5.92 Å². The van der Waals surface area contributed by atoms with E-state index in [4.69, 9.17) is 11.6 Å². The third-order valence-corrected chi connectivity index (χ3v) is 5.49. The van der Waals surface area contributed by atoms with E-state index in [1.54, 1.807) is 30.3 Å². The normalized spacial score (nSPS) is 24.3. The summed E-state index contributed by atoms with van der Waals surface area (Å²) >= 11 is 6.29. The Hall–Kier alpha value is -2.22. The van der Waals surface area contributed by atoms with Gasteiger partial charge in [-0.15, -0.1) is 0 Å². The molecule has 1 aliphatic heterocycles. The number of aliphatic imine (C=N–C) groups is 1. The number of amidine groups is 1. The van der Waals surface area contributed by atoms with Crippen molar-refractivity contribution in [2.24, 2.45) is 4.99 Å². The number of fused-ring (bicyclic) bond motifs is 1. The van der Waals surface area contributed by atoms with Gasteiger partial charge in [0.05, 0.1) is 28.5 Å². The van der Waals surface area contributed by atoms with Crippen LogP contribution in [0.2, 0.25) is 5.02 Å². The third-order valence-electron chi connectivity index (χ3n) is 5.17. The Balaban J connectivity index is 1.83. The second-order valence-corrected chi connectivity index (χ2v) is 7.57. The van der Waals surface area contributed by atoms with Crippen LogP contribution in [0.1, 0.15) is 30.9 Å². The van der Waals surface area contributed by atoms with E-state index >= 15 is 0 Å². The molecule has 0 bridgehead atoms. The third kappa shape index (κ3) is 3.34. The number of benzene rings is 2. The van der Waals surface area contributed by atoms with Gasteiger partial charge in [-0.05, 0) is 37.1 Å². The molecule has 1 saturated carbocycles. The molecule has 0 amide bonds. The fourth-order valence-corrected chi connectivity index (χ4v) is 3.64. The maximum Gasteiger partial charge on any atom is 0.270 e. The zero-order valence-corrected chi connectivity index (χ0v) is 15.9. The van der Waals surface area contributed by atoms with Crippen LogP contribution in [-0.4, -0.2) is 34.5 Å². The molecule has 3 atom stereocenters. The molecule has 8 heteroatoms. The molecule has 5 nitrogen and oxygen atoms in total. The lowest BCUT2D eigenvalue weighted by Gasteiger charge is -2.39. The molecule has 1 unspecified atom stereocenters. The summed E-state index contributed by atoms with van der Waals surface area (Å²) in [6.07, 6.45) is -0.394. The van der Waals surface area contributed by atoms with Crippen molar-refractivity contribution < 1.29 is 19.0 Å². The maximum atomic E-state index is 14.0. The van der Waals surface area contributed by atoms with Crippen molar-refractivity contribution >= 4 is 28.8 Å². The van der Waals surface area contributed by atoms with Crippen LogP contribution in [0.3, 0.4) is 0 Å². The molecule has 1 aliphatic carbocycles. The first kappa shape index (κ1) is 19.1. The molecule has 28 heavy (non-hydrogen) atoms. The molecular formula is C20H20ClF2N3O2. The number of halogens is 3. The Bertz CT molecular complexity index is 932. The lowest BCUT2D eigenvalue weighted by Crippen LogP contribution is -2.52. The summed E-state index contributed by atoms with van der Waals surface area (Å²) in [6.45, 7) is 0.825. The van der Waals surface area contributed by atoms with Gasteiger partial charge in [0, 0.05) is 18.1 Å². The van der Waals surface area contributed by atoms with Crippen LogP contribution >= 0.6 is 11.6 Å². The van der Waals surface area contributed by atoms with Crippen LogP contribution in [0.4, 0.5) is 20.2 Å². The Morgan fingerprint density at radius 2 is 1.89 bits per heavy atom. The van der Waals surface area contributed by atoms with Gasteiger partial charge in [0.25, 0.3) is 5.92 Å². The summed E-state index contributed by atoms with van der Waals surface area (Å²) in [5.41, 5.74) is 1.20. The number of hydrogen-bond acceptors (Lipinski definition) is 5. The van der Waals surface area contributed by atoms with Gasteiger partial charge in [-0.2, -0.15) is 0 Å². The zero-order chi connectivity index (χ0) is 20.1. The number of anilines is 2. The zero-order valence-electron chi connectivity index (χ0n) is 15.1. The highest BCUT2D eigenvalue weighted by molar-refractivity contribution is 6.33. The van der Waals surface area contributed by atoms with E-state index in [0.29, 0.717) is 34.2 Å². The van der Waals surface area contributed by atoms with E-state index in [-0.39, 0.29) is 11.6 Å². The first-order valence-corrected chi connectivity index (χ1v) is 9.40. The minimum Gasteiger partial charge on any atom is -0.391 e. The highest BCUT2D eigenvalue weighted by Crippen LogP contribution is 2.41. The summed E-state index contributed by atoms with van der Waals surface area (Å²) in [5.74, 6) is -2.68. The molecule has 2 aromatic carbocycles. The number of nitrogens with one attached hydrogen (secondary N) is 1. The molecule has 4 rings (SSSR count). The van der Waals surface area contributed by atoms with E-state index in [2.05, 4.69) is 10.3 Å². The highest BCUT2D eigenvalue weighted by Gasteiger charge is 2.35. The van der Waals surface area contributed by atoms with E-state index in [1.165, 1.54) is 17.0 Å². The number of hydrogen-bond donors (Lipinski definition) is 3. The predicted molar refractivity (Wildman–Crippen MR) is 104 cm³/mol. The van der Waals surface area contributed by atoms with Crippen molar-refractivity contribution in [3.8, 4) is 0 Å². The SMILES string of the molecule is CC(F)(F)c1ccc2c(c1)N(c1ccccc1Cl)C(O)N=C2N[C@H]1CC[C@@H]1O. The van der Waals surface area contributed by atoms with Crippen LogP contribution < -0.4 is 10.2 Å². The summed E-state index contributed by atoms with van der Waals surface area (Å²) < 4.78 is 27.9. The van der Waals surface area contributed by atoms with Crippen LogP contribution in [0.15, 0.2) is 47.5 Å². The van der Waals surface area contributed by atoms with Gasteiger partial charge in [-0.25, -0.2) is 13.8 Å². The number of rotatable bonds is 3. The molecular weight excluding hydrogens is 388 g/mol. The minimum atomic E-state index is -3.04. The topological polar surface area (TPSA) is 68.1 Å². The van der Waals surface area contributed by atoms with Crippen LogP contribution in [0.5, 0.6) is 0 Å². The van der Waals surface area contributed by atoms with Gasteiger partial charge in [0.15, 0.2) is 0 Å². The average molecular weight is 408 g/mol. The van der Waals surface area contributed by atoms with Crippen molar-refractivity contribution in [1.82, 2.24) is 5.32 Å². The van der Waals surface area contributed by atoms with Crippen molar-refractivity contribution in [2.45, 2.75) is 44.2 Å². The molecule has 0 aromatic heterocycles. The van der Waals surface area contributed by atoms with E-state index in [9.17, 15) is 19.0 Å². The molecule has 3 N–H and O–H groups in total. The number of aliphatic hydroxyl groups excluding tert-OH is 2. The maximum absolute atomic E-state index is 14.0. The lowest BCUT2D eigenvalue weighted by molar-refractivity contribution is 0.0174. The van der Waals surface area contributed by atoms with Crippen molar-refractivity contribution in [3.63, 3.8) is 0 Å². The fourth-order valence-electron chi connectivity index (χ4n) is 3.41. The molecule has 2 aromatic rings. The van der Waals surface area contributed by atoms with Crippen molar-refractivity contribution in [3.05, 3.63) is 58.6 Å². The monoisotopic (exact) mass is 407 g/mol. The second-order valence-electron chi connectivity index (χ2n) is 7.16. The number of nitrogens with zero attached hydrogens (tertiary/aromatic N) is 2. The van der Waals surface area contributed by atoms with Crippen LogP contribution in [0, 0.1) is 0 Å². The Morgan fingerprint density at radius 1 is 1.14 bits per heavy atom. The molecule has 1 heterocycles. The molecule has 0 saturated heterocycles. The Kier molecular flexibility index (Phi) is 4.77. The quantitative estimate of drug-likeness (QED) is 0.725. The van der Waals surface area contributed by atoms with E-state index < -0.39 is 18.4 Å². The van der Waals surface area contributed by atoms with E-state index in [0.717, 1.165) is 13.3 Å². The largest absolute Gasteiger partial charge is 0.391 e. The summed E-state index contributed by atoms with van der Waals surface area (Å²) in [7, 11) is 0. The number of para-hydroxylation sites is 1. The second kappa shape index (κ2) is 6.99. The fraction of sp³-hybridized carbons (Fsp3) is 0.350. The molecule has 2 aliphatic rings. The van der Waals surface area contributed by atoms with Crippen molar-refractivity contribution in [1.29, 1.82) is 0 Å². The minimum absolute atomic E-state index is 0.180. The van der Waals surface area contributed by atoms with Gasteiger partial charge < -0.3 is 15.5 Å². The molecule has 1 fully saturated rings. The number of aliphatic hydroxyl groups is 2. The van der Waals surface area contributed by atoms with Crippen molar-refractivity contribution in [2.75, 3.05) is 4.90 Å². The van der Waals surface area contributed by atoms with Crippen LogP contribution in [0.25, 0.3) is 0 Å². The predicted octanol–water partition coefficient (Wildman–Crippen LogP) is 3.74. The Labute approximate surface area is 166 Å². The smallest absolute Gasteiger partial charge is 0.270 e. The number of alkyl halides is 2. The van der Waals surface area contributed by atoms with E-state index in [1.807, 2.05) is 0 Å². The van der Waals surface area contributed by atoms with Gasteiger partial charge in [0.2, 0.25) is 6.35 Å². The summed E-state index contributed by atoms with van der Waals surface area (Å²) in [6, 6.07) is 10.9. The van der Waals surface area contributed by atoms with Gasteiger partial charge in [-0.1, -0.05) is 29.8 Å². The first-order valence-electron chi connectivity index (χ1n) is 9.02. The first-order chi connectivity index (χ1) is 13.3. The average Bonchev–Trinajstić information content (AvgIpc) is 2.64. The molecule has 148 valence electrons. The Morgan fingerprint density at radius 3 is 2.50 bits per heavy atom. The molecule has 0 radical (unpaired) electrons. The van der Waals surface area contributed by atoms with Gasteiger partial charge in [0.1, 0.15) is 5.84 Å². The highest BCUT2D eigenvalue weighted by atomic mass is 35.5. The summed E-state index contributed by atoms with van der Waals surface area (Å²) in [5, 5.41) is 24.1. The summed E-state index contributed by atoms with van der Waals surface area (Å²) in [4.78, 5) is 5.73. The van der Waals surface area contributed by atoms with Gasteiger partial charge in [-0.3, -0.25) is 4.90 Å². The standard InChI is InChI=1S/C20H20ClF2N3O2/c1-20(22,23)11-6-7-12-16(10-11)26(15-5-3-2-4-13(15)21)19(28)25-18(12)24-14-8-9-17(14)27/h2-7,10,14,17,19,27-28H,8-9H2,1H3,(H,24,25)/t14-,17-,19?/m0/s1.